The van der Waals surface area contributed by atoms with Crippen LogP contribution in [0.1, 0.15) is 17.9 Å². The van der Waals surface area contributed by atoms with Gasteiger partial charge in [0.25, 0.3) is 0 Å². The second kappa shape index (κ2) is 7.01. The van der Waals surface area contributed by atoms with Gasteiger partial charge in [0.1, 0.15) is 17.4 Å². The van der Waals surface area contributed by atoms with Crippen LogP contribution in [-0.4, -0.2) is 13.2 Å². The molecule has 0 radical (unpaired) electrons. The Kier molecular flexibility index (Phi) is 5.07. The van der Waals surface area contributed by atoms with Crippen LogP contribution in [-0.2, 0) is 0 Å². The van der Waals surface area contributed by atoms with Crippen molar-refractivity contribution in [1.29, 1.82) is 0 Å². The zero-order valence-corrected chi connectivity index (χ0v) is 11.1. The van der Waals surface area contributed by atoms with Crippen molar-refractivity contribution in [1.82, 2.24) is 0 Å². The molecule has 1 atom stereocenters. The van der Waals surface area contributed by atoms with Gasteiger partial charge in [-0.15, -0.1) is 0 Å². The minimum absolute atomic E-state index is 0.121. The summed E-state index contributed by atoms with van der Waals surface area (Å²) >= 11 is 0. The van der Waals surface area contributed by atoms with Crippen LogP contribution in [0, 0.1) is 11.6 Å². The van der Waals surface area contributed by atoms with Gasteiger partial charge in [0.05, 0.1) is 6.61 Å². The Labute approximate surface area is 117 Å². The molecular formula is C16H17F2NO. The van der Waals surface area contributed by atoms with Gasteiger partial charge in [0.15, 0.2) is 0 Å². The molecule has 2 aromatic carbocycles. The van der Waals surface area contributed by atoms with Crippen molar-refractivity contribution in [2.45, 2.75) is 12.3 Å². The van der Waals surface area contributed by atoms with Gasteiger partial charge < -0.3 is 10.5 Å². The van der Waals surface area contributed by atoms with E-state index in [9.17, 15) is 8.78 Å². The molecule has 2 nitrogen and oxygen atoms in total. The first kappa shape index (κ1) is 14.5. The molecule has 0 heterocycles. The van der Waals surface area contributed by atoms with E-state index < -0.39 is 0 Å². The lowest BCUT2D eigenvalue weighted by Crippen LogP contribution is -2.15. The molecule has 0 amide bonds. The predicted octanol–water partition coefficient (Wildman–Crippen LogP) is 3.48. The summed E-state index contributed by atoms with van der Waals surface area (Å²) in [5, 5.41) is 0. The molecule has 0 aliphatic rings. The fraction of sp³-hybridized carbons (Fsp3) is 0.250. The maximum atomic E-state index is 12.9. The molecule has 0 aromatic heterocycles. The smallest absolute Gasteiger partial charge is 0.123 e. The summed E-state index contributed by atoms with van der Waals surface area (Å²) in [7, 11) is 0. The largest absolute Gasteiger partial charge is 0.494 e. The van der Waals surface area contributed by atoms with E-state index in [1.165, 1.54) is 24.3 Å². The topological polar surface area (TPSA) is 35.2 Å². The molecule has 0 bridgehead atoms. The number of hydrogen-bond acceptors (Lipinski definition) is 2. The van der Waals surface area contributed by atoms with E-state index in [0.717, 1.165) is 12.0 Å². The third-order valence-electron chi connectivity index (χ3n) is 3.17. The second-order valence-corrected chi connectivity index (χ2v) is 4.58. The molecule has 2 N–H and O–H groups in total. The zero-order chi connectivity index (χ0) is 14.4. The van der Waals surface area contributed by atoms with Crippen molar-refractivity contribution in [2.24, 2.45) is 5.73 Å². The maximum absolute atomic E-state index is 12.9. The summed E-state index contributed by atoms with van der Waals surface area (Å²) in [6.07, 6.45) is 0.722. The van der Waals surface area contributed by atoms with Crippen LogP contribution < -0.4 is 10.5 Å². The molecule has 0 aliphatic carbocycles. The van der Waals surface area contributed by atoms with Crippen molar-refractivity contribution in [3.8, 4) is 5.75 Å². The number of hydrogen-bond donors (Lipinski definition) is 1. The summed E-state index contributed by atoms with van der Waals surface area (Å²) in [6.45, 7) is 0.948. The fourth-order valence-electron chi connectivity index (χ4n) is 2.01. The van der Waals surface area contributed by atoms with E-state index >= 15 is 0 Å². The lowest BCUT2D eigenvalue weighted by molar-refractivity contribution is 0.298. The average Bonchev–Trinajstić information content (AvgIpc) is 2.47. The molecule has 2 aromatic rings. The van der Waals surface area contributed by atoms with E-state index in [-0.39, 0.29) is 17.6 Å². The highest BCUT2D eigenvalue weighted by Crippen LogP contribution is 2.20. The van der Waals surface area contributed by atoms with E-state index in [0.29, 0.717) is 18.9 Å². The van der Waals surface area contributed by atoms with E-state index in [1.807, 2.05) is 0 Å². The van der Waals surface area contributed by atoms with Gasteiger partial charge in [0, 0.05) is 0 Å². The summed E-state index contributed by atoms with van der Waals surface area (Å²) in [5.74, 6) is 0.202. The first-order valence-electron chi connectivity index (χ1n) is 6.53. The van der Waals surface area contributed by atoms with Gasteiger partial charge in [-0.3, -0.25) is 0 Å². The van der Waals surface area contributed by atoms with Gasteiger partial charge in [0.2, 0.25) is 0 Å². The Morgan fingerprint density at radius 3 is 2.00 bits per heavy atom. The Bertz CT molecular complexity index is 525. The Morgan fingerprint density at radius 1 is 0.900 bits per heavy atom. The minimum atomic E-state index is -0.288. The molecule has 106 valence electrons. The van der Waals surface area contributed by atoms with Crippen LogP contribution in [0.4, 0.5) is 8.78 Å². The molecule has 20 heavy (non-hydrogen) atoms. The molecule has 0 fully saturated rings. The van der Waals surface area contributed by atoms with Crippen molar-refractivity contribution >= 4 is 0 Å². The van der Waals surface area contributed by atoms with Gasteiger partial charge in [-0.25, -0.2) is 8.78 Å². The lowest BCUT2D eigenvalue weighted by Gasteiger charge is -2.15. The summed E-state index contributed by atoms with van der Waals surface area (Å²) in [5.41, 5.74) is 6.74. The Morgan fingerprint density at radius 2 is 1.45 bits per heavy atom. The SMILES string of the molecule is NCC(CCOc1ccc(F)cc1)c1ccc(F)cc1. The predicted molar refractivity (Wildman–Crippen MR) is 74.7 cm³/mol. The van der Waals surface area contributed by atoms with Crippen LogP contribution in [0.3, 0.4) is 0 Å². The van der Waals surface area contributed by atoms with Gasteiger partial charge >= 0.3 is 0 Å². The number of ether oxygens (including phenoxy) is 1. The average molecular weight is 277 g/mol. The molecule has 0 saturated carbocycles. The highest BCUT2D eigenvalue weighted by molar-refractivity contribution is 5.23. The fourth-order valence-corrected chi connectivity index (χ4v) is 2.01. The molecular weight excluding hydrogens is 260 g/mol. The third kappa shape index (κ3) is 4.03. The normalized spacial score (nSPS) is 12.2. The molecule has 2 rings (SSSR count). The monoisotopic (exact) mass is 277 g/mol. The standard InChI is InChI=1S/C16H17F2NO/c17-14-3-1-12(2-4-14)13(11-19)9-10-20-16-7-5-15(18)6-8-16/h1-8,13H,9-11,19H2. The van der Waals surface area contributed by atoms with Gasteiger partial charge in [-0.1, -0.05) is 12.1 Å². The molecule has 0 saturated heterocycles. The van der Waals surface area contributed by atoms with Crippen LogP contribution in [0.15, 0.2) is 48.5 Å². The summed E-state index contributed by atoms with van der Waals surface area (Å²) in [4.78, 5) is 0. The van der Waals surface area contributed by atoms with Crippen molar-refractivity contribution in [3.05, 3.63) is 65.7 Å². The summed E-state index contributed by atoms with van der Waals surface area (Å²) < 4.78 is 31.2. The first-order chi connectivity index (χ1) is 9.69. The molecule has 4 heteroatoms. The third-order valence-corrected chi connectivity index (χ3v) is 3.17. The van der Waals surface area contributed by atoms with Gasteiger partial charge in [-0.2, -0.15) is 0 Å². The molecule has 1 unspecified atom stereocenters. The van der Waals surface area contributed by atoms with Crippen molar-refractivity contribution in [3.63, 3.8) is 0 Å². The lowest BCUT2D eigenvalue weighted by atomic mass is 9.96. The summed E-state index contributed by atoms with van der Waals surface area (Å²) in [6, 6.07) is 12.2. The number of nitrogens with two attached hydrogens (primary N) is 1. The maximum Gasteiger partial charge on any atom is 0.123 e. The van der Waals surface area contributed by atoms with Crippen LogP contribution in [0.5, 0.6) is 5.75 Å². The quantitative estimate of drug-likeness (QED) is 0.877. The van der Waals surface area contributed by atoms with Crippen LogP contribution >= 0.6 is 0 Å². The van der Waals surface area contributed by atoms with E-state index in [4.69, 9.17) is 10.5 Å². The Balaban J connectivity index is 1.87. The molecule has 0 spiro atoms. The second-order valence-electron chi connectivity index (χ2n) is 4.58. The highest BCUT2D eigenvalue weighted by atomic mass is 19.1. The minimum Gasteiger partial charge on any atom is -0.494 e. The first-order valence-corrected chi connectivity index (χ1v) is 6.53. The van der Waals surface area contributed by atoms with E-state index in [2.05, 4.69) is 0 Å². The van der Waals surface area contributed by atoms with Crippen LogP contribution in [0.2, 0.25) is 0 Å². The molecule has 0 aliphatic heterocycles. The Hall–Kier alpha value is -1.94. The number of halogens is 2. The highest BCUT2D eigenvalue weighted by Gasteiger charge is 2.10. The van der Waals surface area contributed by atoms with E-state index in [1.54, 1.807) is 24.3 Å². The zero-order valence-electron chi connectivity index (χ0n) is 11.1. The number of rotatable bonds is 6. The van der Waals surface area contributed by atoms with Gasteiger partial charge in [-0.05, 0) is 60.8 Å². The van der Waals surface area contributed by atoms with Crippen molar-refractivity contribution < 1.29 is 13.5 Å². The van der Waals surface area contributed by atoms with Crippen molar-refractivity contribution in [2.75, 3.05) is 13.2 Å². The van der Waals surface area contributed by atoms with Crippen LogP contribution in [0.25, 0.3) is 0 Å². The number of benzene rings is 2.